The van der Waals surface area contributed by atoms with Crippen molar-refractivity contribution in [2.24, 2.45) is 0 Å². The van der Waals surface area contributed by atoms with Crippen molar-refractivity contribution in [3.63, 3.8) is 0 Å². The van der Waals surface area contributed by atoms with Gasteiger partial charge in [0.25, 0.3) is 0 Å². The zero-order valence-electron chi connectivity index (χ0n) is 9.86. The van der Waals surface area contributed by atoms with Gasteiger partial charge in [0.15, 0.2) is 0 Å². The molecule has 0 atom stereocenters. The molecule has 0 N–H and O–H groups in total. The Kier molecular flexibility index (Phi) is 5.21. The molecule has 0 amide bonds. The van der Waals surface area contributed by atoms with Crippen LogP contribution in [0.15, 0.2) is 39.8 Å². The number of hydrogen-bond donors (Lipinski definition) is 0. The largest absolute Gasteiger partial charge is 0.240 e. The molecule has 1 aromatic heterocycles. The van der Waals surface area contributed by atoms with Crippen LogP contribution < -0.4 is 0 Å². The summed E-state index contributed by atoms with van der Waals surface area (Å²) in [5, 5.41) is 0.802. The molecule has 2 rings (SSSR count). The maximum Gasteiger partial charge on any atom is 0.138 e. The molecule has 94 valence electrons. The van der Waals surface area contributed by atoms with Crippen LogP contribution in [0, 0.1) is 6.92 Å². The van der Waals surface area contributed by atoms with Crippen molar-refractivity contribution in [2.45, 2.75) is 22.9 Å². The maximum absolute atomic E-state index is 4.51. The zero-order chi connectivity index (χ0) is 13.0. The van der Waals surface area contributed by atoms with Crippen LogP contribution >= 0.6 is 43.6 Å². The van der Waals surface area contributed by atoms with Gasteiger partial charge in [-0.05, 0) is 35.0 Å². The normalized spacial score (nSPS) is 10.6. The Morgan fingerprint density at radius 3 is 2.72 bits per heavy atom. The van der Waals surface area contributed by atoms with E-state index in [9.17, 15) is 0 Å². The van der Waals surface area contributed by atoms with E-state index in [1.165, 1.54) is 4.90 Å². The summed E-state index contributed by atoms with van der Waals surface area (Å²) in [5.74, 6) is 1.66. The molecule has 0 aliphatic heterocycles. The molecule has 2 aromatic rings. The lowest BCUT2D eigenvalue weighted by Crippen LogP contribution is -1.98. The monoisotopic (exact) mass is 386 g/mol. The summed E-state index contributed by atoms with van der Waals surface area (Å²) in [4.78, 5) is 10.1. The Hall–Kier alpha value is -0.390. The van der Waals surface area contributed by atoms with Crippen molar-refractivity contribution in [2.75, 3.05) is 0 Å². The number of thioether (sulfide) groups is 1. The van der Waals surface area contributed by atoms with Gasteiger partial charge in [0.1, 0.15) is 5.82 Å². The van der Waals surface area contributed by atoms with Gasteiger partial charge in [-0.25, -0.2) is 9.97 Å². The second-order valence-electron chi connectivity index (χ2n) is 3.75. The first-order valence-corrected chi connectivity index (χ1v) is 8.35. The predicted octanol–water partition coefficient (Wildman–Crippen LogP) is 4.73. The fraction of sp³-hybridized carbons (Fsp3) is 0.231. The first kappa shape index (κ1) is 14.0. The van der Waals surface area contributed by atoms with E-state index in [4.69, 9.17) is 0 Å². The highest BCUT2D eigenvalue weighted by atomic mass is 79.9. The molecule has 5 heteroatoms. The predicted molar refractivity (Wildman–Crippen MR) is 83.1 cm³/mol. The third kappa shape index (κ3) is 3.56. The number of benzene rings is 1. The summed E-state index contributed by atoms with van der Waals surface area (Å²) in [7, 11) is 0. The van der Waals surface area contributed by atoms with Gasteiger partial charge in [0, 0.05) is 32.2 Å². The van der Waals surface area contributed by atoms with E-state index in [2.05, 4.69) is 47.9 Å². The van der Waals surface area contributed by atoms with Crippen molar-refractivity contribution in [3.8, 4) is 0 Å². The van der Waals surface area contributed by atoms with Crippen molar-refractivity contribution in [1.82, 2.24) is 9.97 Å². The lowest BCUT2D eigenvalue weighted by molar-refractivity contribution is 0.969. The summed E-state index contributed by atoms with van der Waals surface area (Å²) in [5.41, 5.74) is 2.19. The quantitative estimate of drug-likeness (QED) is 0.559. The average molecular weight is 388 g/mol. The summed E-state index contributed by atoms with van der Waals surface area (Å²) >= 11 is 8.70. The summed E-state index contributed by atoms with van der Waals surface area (Å²) in [6.07, 6.45) is 1.90. The minimum Gasteiger partial charge on any atom is -0.240 e. The molecule has 2 nitrogen and oxygen atoms in total. The topological polar surface area (TPSA) is 25.8 Å². The van der Waals surface area contributed by atoms with E-state index in [0.717, 1.165) is 32.6 Å². The number of rotatable bonds is 4. The van der Waals surface area contributed by atoms with Crippen molar-refractivity contribution < 1.29 is 0 Å². The Morgan fingerprint density at radius 2 is 2.06 bits per heavy atom. The second kappa shape index (κ2) is 6.68. The lowest BCUT2D eigenvalue weighted by Gasteiger charge is -2.05. The number of halogens is 2. The Labute approximate surface area is 128 Å². The molecular formula is C13H12Br2N2S. The van der Waals surface area contributed by atoms with Crippen LogP contribution in [0.3, 0.4) is 0 Å². The highest BCUT2D eigenvalue weighted by molar-refractivity contribution is 9.10. The van der Waals surface area contributed by atoms with Gasteiger partial charge in [0.05, 0.1) is 5.75 Å². The average Bonchev–Trinajstić information content (AvgIpc) is 2.38. The van der Waals surface area contributed by atoms with Crippen LogP contribution in [-0.2, 0) is 11.1 Å². The van der Waals surface area contributed by atoms with Gasteiger partial charge in [-0.3, -0.25) is 0 Å². The lowest BCUT2D eigenvalue weighted by atomic mass is 10.3. The van der Waals surface area contributed by atoms with Crippen LogP contribution in [0.1, 0.15) is 17.1 Å². The number of aryl methyl sites for hydroxylation is 1. The molecule has 0 saturated carbocycles. The van der Waals surface area contributed by atoms with Crippen LogP contribution in [0.4, 0.5) is 0 Å². The highest BCUT2D eigenvalue weighted by Crippen LogP contribution is 2.28. The molecule has 0 unspecified atom stereocenters. The molecule has 0 spiro atoms. The van der Waals surface area contributed by atoms with Gasteiger partial charge in [0.2, 0.25) is 0 Å². The Balaban J connectivity index is 2.07. The van der Waals surface area contributed by atoms with E-state index in [0.29, 0.717) is 0 Å². The number of aromatic nitrogens is 2. The molecule has 1 aromatic carbocycles. The molecule has 0 radical (unpaired) electrons. The minimum absolute atomic E-state index is 0.784. The third-order valence-corrected chi connectivity index (χ3v) is 5.10. The van der Waals surface area contributed by atoms with E-state index < -0.39 is 0 Å². The van der Waals surface area contributed by atoms with E-state index in [1.54, 1.807) is 11.8 Å². The Morgan fingerprint density at radius 1 is 1.28 bits per heavy atom. The summed E-state index contributed by atoms with van der Waals surface area (Å²) < 4.78 is 1.11. The van der Waals surface area contributed by atoms with Crippen LogP contribution in [-0.4, -0.2) is 9.97 Å². The van der Waals surface area contributed by atoms with Crippen molar-refractivity contribution >= 4 is 43.6 Å². The van der Waals surface area contributed by atoms with E-state index in [-0.39, 0.29) is 0 Å². The second-order valence-corrected chi connectivity index (χ2v) is 6.18. The fourth-order valence-electron chi connectivity index (χ4n) is 1.44. The molecule has 1 heterocycles. The van der Waals surface area contributed by atoms with Crippen molar-refractivity contribution in [3.05, 3.63) is 52.0 Å². The minimum atomic E-state index is 0.784. The first-order valence-electron chi connectivity index (χ1n) is 5.45. The number of hydrogen-bond acceptors (Lipinski definition) is 3. The highest BCUT2D eigenvalue weighted by Gasteiger charge is 2.05. The summed E-state index contributed by atoms with van der Waals surface area (Å²) in [6.45, 7) is 2.02. The van der Waals surface area contributed by atoms with Gasteiger partial charge in [-0.1, -0.05) is 28.1 Å². The van der Waals surface area contributed by atoms with Gasteiger partial charge in [-0.2, -0.15) is 0 Å². The first-order chi connectivity index (χ1) is 8.70. The molecule has 0 bridgehead atoms. The van der Waals surface area contributed by atoms with Crippen LogP contribution in [0.25, 0.3) is 0 Å². The molecule has 0 fully saturated rings. The SMILES string of the molecule is Cc1nc(CSc2ccccc2Br)ncc1CBr. The van der Waals surface area contributed by atoms with Crippen LogP contribution in [0.2, 0.25) is 0 Å². The van der Waals surface area contributed by atoms with E-state index in [1.807, 2.05) is 31.3 Å². The Bertz CT molecular complexity index is 546. The fourth-order valence-corrected chi connectivity index (χ4v) is 3.43. The molecule has 0 aliphatic carbocycles. The number of nitrogens with zero attached hydrogens (tertiary/aromatic N) is 2. The van der Waals surface area contributed by atoms with Crippen LogP contribution in [0.5, 0.6) is 0 Å². The maximum atomic E-state index is 4.51. The standard InChI is InChI=1S/C13H12Br2N2S/c1-9-10(6-14)7-16-13(17-9)8-18-12-5-3-2-4-11(12)15/h2-5,7H,6,8H2,1H3. The van der Waals surface area contributed by atoms with Crippen molar-refractivity contribution in [1.29, 1.82) is 0 Å². The van der Waals surface area contributed by atoms with Gasteiger partial charge < -0.3 is 0 Å². The molecule has 18 heavy (non-hydrogen) atoms. The molecule has 0 aliphatic rings. The third-order valence-electron chi connectivity index (χ3n) is 2.47. The molecular weight excluding hydrogens is 376 g/mol. The zero-order valence-corrected chi connectivity index (χ0v) is 13.8. The van der Waals surface area contributed by atoms with E-state index >= 15 is 0 Å². The smallest absolute Gasteiger partial charge is 0.138 e. The van der Waals surface area contributed by atoms with Gasteiger partial charge >= 0.3 is 0 Å². The summed E-state index contributed by atoms with van der Waals surface area (Å²) in [6, 6.07) is 8.18. The number of alkyl halides is 1. The molecule has 0 saturated heterocycles. The van der Waals surface area contributed by atoms with Gasteiger partial charge in [-0.15, -0.1) is 11.8 Å².